The lowest BCUT2D eigenvalue weighted by Crippen LogP contribution is -2.41. The van der Waals surface area contributed by atoms with Crippen LogP contribution in [0, 0.1) is 6.92 Å². The van der Waals surface area contributed by atoms with Crippen LogP contribution in [0.5, 0.6) is 5.75 Å². The van der Waals surface area contributed by atoms with Gasteiger partial charge in [0.15, 0.2) is 6.61 Å². The molecule has 2 heterocycles. The van der Waals surface area contributed by atoms with E-state index in [1.54, 1.807) is 17.5 Å². The van der Waals surface area contributed by atoms with Gasteiger partial charge in [-0.05, 0) is 38.3 Å². The van der Waals surface area contributed by atoms with Crippen LogP contribution in [-0.4, -0.2) is 28.9 Å². The lowest BCUT2D eigenvalue weighted by molar-refractivity contribution is -0.137. The zero-order chi connectivity index (χ0) is 15.4. The molecule has 116 valence electrons. The summed E-state index contributed by atoms with van der Waals surface area (Å²) in [6.45, 7) is 2.91. The van der Waals surface area contributed by atoms with Crippen LogP contribution >= 0.6 is 11.3 Å². The van der Waals surface area contributed by atoms with Crippen molar-refractivity contribution >= 4 is 17.2 Å². The highest BCUT2D eigenvalue weighted by atomic mass is 32.1. The number of piperidine rings is 1. The highest BCUT2D eigenvalue weighted by molar-refractivity contribution is 7.09. The highest BCUT2D eigenvalue weighted by Gasteiger charge is 2.29. The average Bonchev–Trinajstić information content (AvgIpc) is 3.08. The number of carbonyl (C=O) groups is 1. The van der Waals surface area contributed by atoms with Gasteiger partial charge in [0, 0.05) is 18.1 Å². The number of aryl methyl sites for hydroxylation is 1. The van der Waals surface area contributed by atoms with E-state index < -0.39 is 0 Å². The van der Waals surface area contributed by atoms with Gasteiger partial charge in [-0.25, -0.2) is 4.98 Å². The van der Waals surface area contributed by atoms with Crippen molar-refractivity contribution in [2.24, 2.45) is 0 Å². The molecule has 1 saturated heterocycles. The van der Waals surface area contributed by atoms with Crippen LogP contribution in [-0.2, 0) is 4.79 Å². The molecule has 1 fully saturated rings. The summed E-state index contributed by atoms with van der Waals surface area (Å²) in [7, 11) is 0. The number of thiazole rings is 1. The van der Waals surface area contributed by atoms with E-state index in [0.717, 1.165) is 36.6 Å². The first-order valence-electron chi connectivity index (χ1n) is 7.62. The normalized spacial score (nSPS) is 18.2. The Morgan fingerprint density at radius 3 is 2.91 bits per heavy atom. The van der Waals surface area contributed by atoms with Gasteiger partial charge in [-0.3, -0.25) is 4.79 Å². The monoisotopic (exact) mass is 316 g/mol. The molecular weight excluding hydrogens is 296 g/mol. The standard InChI is InChI=1S/C17H20N2O2S/c1-13-5-7-14(8-6-13)21-12-16(20)19-10-3-2-4-15(19)17-18-9-11-22-17/h5-9,11,15H,2-4,10,12H2,1H3. The van der Waals surface area contributed by atoms with Gasteiger partial charge >= 0.3 is 0 Å². The van der Waals surface area contributed by atoms with Gasteiger partial charge in [-0.2, -0.15) is 0 Å². The van der Waals surface area contributed by atoms with Crippen molar-refractivity contribution in [2.45, 2.75) is 32.2 Å². The summed E-state index contributed by atoms with van der Waals surface area (Å²) in [4.78, 5) is 18.8. The van der Waals surface area contributed by atoms with Gasteiger partial charge in [0.1, 0.15) is 10.8 Å². The highest BCUT2D eigenvalue weighted by Crippen LogP contribution is 2.32. The topological polar surface area (TPSA) is 42.4 Å². The molecule has 22 heavy (non-hydrogen) atoms. The van der Waals surface area contributed by atoms with Gasteiger partial charge in [-0.1, -0.05) is 17.7 Å². The minimum atomic E-state index is 0.0421. The van der Waals surface area contributed by atoms with Crippen molar-refractivity contribution in [1.29, 1.82) is 0 Å². The Morgan fingerprint density at radius 2 is 2.18 bits per heavy atom. The summed E-state index contributed by atoms with van der Waals surface area (Å²) >= 11 is 1.62. The Kier molecular flexibility index (Phi) is 4.73. The summed E-state index contributed by atoms with van der Waals surface area (Å²) in [5.41, 5.74) is 1.18. The van der Waals surface area contributed by atoms with Crippen LogP contribution in [0.25, 0.3) is 0 Å². The fourth-order valence-corrected chi connectivity index (χ4v) is 3.53. The van der Waals surface area contributed by atoms with E-state index in [2.05, 4.69) is 4.98 Å². The van der Waals surface area contributed by atoms with Crippen molar-refractivity contribution in [3.8, 4) is 5.75 Å². The Bertz CT molecular complexity index is 610. The second kappa shape index (κ2) is 6.92. The number of hydrogen-bond acceptors (Lipinski definition) is 4. The molecular formula is C17H20N2O2S. The molecule has 0 radical (unpaired) electrons. The van der Waals surface area contributed by atoms with E-state index in [1.807, 2.05) is 41.5 Å². The van der Waals surface area contributed by atoms with Gasteiger partial charge in [0.05, 0.1) is 6.04 Å². The number of rotatable bonds is 4. The molecule has 0 spiro atoms. The van der Waals surface area contributed by atoms with Gasteiger partial charge in [-0.15, -0.1) is 11.3 Å². The maximum Gasteiger partial charge on any atom is 0.261 e. The Balaban J connectivity index is 1.63. The summed E-state index contributed by atoms with van der Waals surface area (Å²) in [5, 5.41) is 3.00. The first-order chi connectivity index (χ1) is 10.7. The largest absolute Gasteiger partial charge is 0.484 e. The van der Waals surface area contributed by atoms with Crippen molar-refractivity contribution in [3.63, 3.8) is 0 Å². The molecule has 0 bridgehead atoms. The van der Waals surface area contributed by atoms with E-state index in [1.165, 1.54) is 5.56 Å². The number of benzene rings is 1. The molecule has 3 rings (SSSR count). The number of nitrogens with zero attached hydrogens (tertiary/aromatic N) is 2. The third-order valence-electron chi connectivity index (χ3n) is 3.94. The van der Waals surface area contributed by atoms with Crippen LogP contribution in [0.15, 0.2) is 35.8 Å². The summed E-state index contributed by atoms with van der Waals surface area (Å²) in [5.74, 6) is 0.780. The van der Waals surface area contributed by atoms with Crippen LogP contribution < -0.4 is 4.74 Å². The average molecular weight is 316 g/mol. The molecule has 1 aliphatic heterocycles. The van der Waals surface area contributed by atoms with Crippen LogP contribution in [0.3, 0.4) is 0 Å². The zero-order valence-electron chi connectivity index (χ0n) is 12.7. The maximum atomic E-state index is 12.5. The molecule has 1 amide bonds. The summed E-state index contributed by atoms with van der Waals surface area (Å²) < 4.78 is 5.63. The number of amides is 1. The molecule has 1 unspecified atom stereocenters. The number of hydrogen-bond donors (Lipinski definition) is 0. The number of aromatic nitrogens is 1. The predicted molar refractivity (Wildman–Crippen MR) is 87.1 cm³/mol. The van der Waals surface area contributed by atoms with E-state index in [-0.39, 0.29) is 18.6 Å². The van der Waals surface area contributed by atoms with E-state index in [0.29, 0.717) is 0 Å². The van der Waals surface area contributed by atoms with Gasteiger partial charge in [0.2, 0.25) is 0 Å². The SMILES string of the molecule is Cc1ccc(OCC(=O)N2CCCCC2c2nccs2)cc1. The first kappa shape index (κ1) is 15.0. The van der Waals surface area contributed by atoms with E-state index in [4.69, 9.17) is 4.74 Å². The number of carbonyl (C=O) groups excluding carboxylic acids is 1. The molecule has 0 aliphatic carbocycles. The van der Waals surface area contributed by atoms with Crippen LogP contribution in [0.4, 0.5) is 0 Å². The smallest absolute Gasteiger partial charge is 0.261 e. The number of likely N-dealkylation sites (tertiary alicyclic amines) is 1. The minimum absolute atomic E-state index is 0.0421. The van der Waals surface area contributed by atoms with Crippen molar-refractivity contribution < 1.29 is 9.53 Å². The van der Waals surface area contributed by atoms with Gasteiger partial charge < -0.3 is 9.64 Å². The lowest BCUT2D eigenvalue weighted by Gasteiger charge is -2.34. The minimum Gasteiger partial charge on any atom is -0.484 e. The fraction of sp³-hybridized carbons (Fsp3) is 0.412. The fourth-order valence-electron chi connectivity index (χ4n) is 2.75. The molecule has 1 aliphatic rings. The van der Waals surface area contributed by atoms with Crippen molar-refractivity contribution in [1.82, 2.24) is 9.88 Å². The zero-order valence-corrected chi connectivity index (χ0v) is 13.5. The van der Waals surface area contributed by atoms with Crippen molar-refractivity contribution in [3.05, 3.63) is 46.4 Å². The Morgan fingerprint density at radius 1 is 1.36 bits per heavy atom. The molecule has 5 heteroatoms. The first-order valence-corrected chi connectivity index (χ1v) is 8.50. The lowest BCUT2D eigenvalue weighted by atomic mass is 10.0. The van der Waals surface area contributed by atoms with Crippen molar-refractivity contribution in [2.75, 3.05) is 13.2 Å². The third kappa shape index (κ3) is 3.47. The molecule has 0 saturated carbocycles. The van der Waals surface area contributed by atoms with Gasteiger partial charge in [0.25, 0.3) is 5.91 Å². The summed E-state index contributed by atoms with van der Waals surface area (Å²) in [6, 6.07) is 7.88. The summed E-state index contributed by atoms with van der Waals surface area (Å²) in [6.07, 6.45) is 4.99. The Labute approximate surface area is 134 Å². The maximum absolute atomic E-state index is 12.5. The molecule has 1 aromatic carbocycles. The predicted octanol–water partition coefficient (Wildman–Crippen LogP) is 3.58. The Hall–Kier alpha value is -1.88. The third-order valence-corrected chi connectivity index (χ3v) is 4.82. The van der Waals surface area contributed by atoms with E-state index in [9.17, 15) is 4.79 Å². The van der Waals surface area contributed by atoms with E-state index >= 15 is 0 Å². The van der Waals surface area contributed by atoms with Crippen LogP contribution in [0.1, 0.15) is 35.9 Å². The quantitative estimate of drug-likeness (QED) is 0.866. The molecule has 1 atom stereocenters. The molecule has 0 N–H and O–H groups in total. The molecule has 4 nitrogen and oxygen atoms in total. The number of ether oxygens (including phenoxy) is 1. The second-order valence-electron chi connectivity index (χ2n) is 5.57. The second-order valence-corrected chi connectivity index (χ2v) is 6.50. The van der Waals surface area contributed by atoms with Crippen LogP contribution in [0.2, 0.25) is 0 Å². The molecule has 2 aromatic rings. The molecule has 1 aromatic heterocycles.